The quantitative estimate of drug-likeness (QED) is 0.654. The molecule has 0 saturated carbocycles. The molecule has 2 aliphatic heterocycles. The summed E-state index contributed by atoms with van der Waals surface area (Å²) in [5, 5.41) is 15.5. The van der Waals surface area contributed by atoms with Crippen LogP contribution in [0.15, 0.2) is 30.2 Å². The Morgan fingerprint density at radius 1 is 1.42 bits per heavy atom. The number of carbonyl (C=O) groups excluding carboxylic acids is 1. The first kappa shape index (κ1) is 16.4. The molecule has 0 radical (unpaired) electrons. The van der Waals surface area contributed by atoms with Crippen LogP contribution in [0.5, 0.6) is 11.5 Å². The van der Waals surface area contributed by atoms with E-state index < -0.39 is 11.7 Å². The highest BCUT2D eigenvalue weighted by atomic mass is 16.7. The Kier molecular flexibility index (Phi) is 4.77. The van der Waals surface area contributed by atoms with E-state index in [-0.39, 0.29) is 12.3 Å². The molecule has 4 N–H and O–H groups in total. The van der Waals surface area contributed by atoms with Gasteiger partial charge in [-0.25, -0.2) is 10.3 Å². The summed E-state index contributed by atoms with van der Waals surface area (Å²) in [4.78, 5) is 17.5. The van der Waals surface area contributed by atoms with E-state index in [4.69, 9.17) is 14.3 Å². The van der Waals surface area contributed by atoms with E-state index in [0.29, 0.717) is 11.6 Å². The summed E-state index contributed by atoms with van der Waals surface area (Å²) in [5.41, 5.74) is 3.05. The molecule has 8 nitrogen and oxygen atoms in total. The van der Waals surface area contributed by atoms with Gasteiger partial charge in [-0.2, -0.15) is 0 Å². The molecule has 0 atom stereocenters. The fraction of sp³-hybridized carbons (Fsp3) is 0.438. The van der Waals surface area contributed by atoms with Gasteiger partial charge in [-0.1, -0.05) is 6.07 Å². The fourth-order valence-corrected chi connectivity index (χ4v) is 2.74. The number of rotatable bonds is 4. The van der Waals surface area contributed by atoms with Crippen LogP contribution in [0.4, 0.5) is 4.79 Å². The second-order valence-electron chi connectivity index (χ2n) is 5.78. The number of ether oxygens (including phenoxy) is 2. The minimum absolute atomic E-state index is 0.0496. The number of nitrogens with one attached hydrogen (secondary N) is 3. The molecule has 1 amide bonds. The van der Waals surface area contributed by atoms with Crippen molar-refractivity contribution in [3.8, 4) is 11.5 Å². The highest BCUT2D eigenvalue weighted by Gasteiger charge is 2.37. The normalized spacial score (nSPS) is 18.6. The number of phenolic OH excluding ortho intramolecular Hbond substituents is 1. The second kappa shape index (κ2) is 6.98. The zero-order valence-corrected chi connectivity index (χ0v) is 13.4. The molecule has 1 aromatic rings. The van der Waals surface area contributed by atoms with E-state index in [9.17, 15) is 9.90 Å². The molecular weight excluding hydrogens is 314 g/mol. The van der Waals surface area contributed by atoms with Crippen LogP contribution in [0.1, 0.15) is 18.4 Å². The lowest BCUT2D eigenvalue weighted by atomic mass is 9.93. The Labute approximate surface area is 139 Å². The molecule has 1 aromatic carbocycles. The number of hydrogen-bond acceptors (Lipinski definition) is 7. The summed E-state index contributed by atoms with van der Waals surface area (Å²) in [6, 6.07) is 4.85. The molecular formula is C16H21N3O5. The summed E-state index contributed by atoms with van der Waals surface area (Å²) in [7, 11) is 1.47. The van der Waals surface area contributed by atoms with Crippen LogP contribution in [-0.4, -0.2) is 37.0 Å². The number of amides is 1. The number of carbonyl (C=O) groups is 1. The van der Waals surface area contributed by atoms with Crippen molar-refractivity contribution in [2.24, 2.45) is 0 Å². The highest BCUT2D eigenvalue weighted by molar-refractivity contribution is 5.68. The van der Waals surface area contributed by atoms with Crippen LogP contribution in [0.2, 0.25) is 0 Å². The van der Waals surface area contributed by atoms with Gasteiger partial charge in [0.1, 0.15) is 5.60 Å². The van der Waals surface area contributed by atoms with Crippen molar-refractivity contribution in [1.29, 1.82) is 0 Å². The van der Waals surface area contributed by atoms with Gasteiger partial charge >= 0.3 is 6.09 Å². The van der Waals surface area contributed by atoms with Crippen LogP contribution in [-0.2, 0) is 16.1 Å². The zero-order valence-electron chi connectivity index (χ0n) is 13.4. The van der Waals surface area contributed by atoms with E-state index >= 15 is 0 Å². The van der Waals surface area contributed by atoms with Crippen molar-refractivity contribution in [2.45, 2.75) is 25.0 Å². The monoisotopic (exact) mass is 335 g/mol. The van der Waals surface area contributed by atoms with Gasteiger partial charge in [0.25, 0.3) is 0 Å². The lowest BCUT2D eigenvalue weighted by molar-refractivity contribution is -0.0653. The first-order valence-electron chi connectivity index (χ1n) is 7.79. The third kappa shape index (κ3) is 3.72. The molecule has 24 heavy (non-hydrogen) atoms. The molecule has 2 aliphatic rings. The van der Waals surface area contributed by atoms with Crippen molar-refractivity contribution in [3.63, 3.8) is 0 Å². The number of hydroxylamine groups is 1. The smallest absolute Gasteiger partial charge is 0.414 e. The number of benzene rings is 1. The minimum Gasteiger partial charge on any atom is -0.504 e. The zero-order chi connectivity index (χ0) is 17.0. The minimum atomic E-state index is -0.588. The van der Waals surface area contributed by atoms with E-state index in [1.807, 2.05) is 6.08 Å². The van der Waals surface area contributed by atoms with Crippen LogP contribution in [0, 0.1) is 0 Å². The Morgan fingerprint density at radius 2 is 2.21 bits per heavy atom. The maximum absolute atomic E-state index is 11.9. The van der Waals surface area contributed by atoms with Crippen molar-refractivity contribution in [1.82, 2.24) is 16.1 Å². The number of hydrogen-bond donors (Lipinski definition) is 4. The van der Waals surface area contributed by atoms with Gasteiger partial charge in [-0.3, -0.25) is 4.84 Å². The van der Waals surface area contributed by atoms with Crippen molar-refractivity contribution < 1.29 is 24.2 Å². The number of phenols is 1. The van der Waals surface area contributed by atoms with Gasteiger partial charge in [0.2, 0.25) is 5.88 Å². The summed E-state index contributed by atoms with van der Waals surface area (Å²) < 4.78 is 10.2. The lowest BCUT2D eigenvalue weighted by Gasteiger charge is -2.29. The van der Waals surface area contributed by atoms with Gasteiger partial charge in [0, 0.05) is 12.6 Å². The molecule has 2 heterocycles. The Morgan fingerprint density at radius 3 is 2.96 bits per heavy atom. The predicted molar refractivity (Wildman–Crippen MR) is 85.1 cm³/mol. The molecule has 0 aromatic heterocycles. The van der Waals surface area contributed by atoms with Gasteiger partial charge in [0.05, 0.1) is 7.11 Å². The van der Waals surface area contributed by atoms with Gasteiger partial charge in [-0.05, 0) is 43.6 Å². The van der Waals surface area contributed by atoms with Crippen molar-refractivity contribution >= 4 is 6.09 Å². The van der Waals surface area contributed by atoms with E-state index in [1.54, 1.807) is 12.1 Å². The first-order valence-corrected chi connectivity index (χ1v) is 7.79. The molecule has 1 saturated heterocycles. The molecule has 0 unspecified atom stereocenters. The highest BCUT2D eigenvalue weighted by Crippen LogP contribution is 2.29. The van der Waals surface area contributed by atoms with E-state index in [2.05, 4.69) is 16.1 Å². The van der Waals surface area contributed by atoms with Gasteiger partial charge < -0.3 is 25.2 Å². The molecule has 130 valence electrons. The second-order valence-corrected chi connectivity index (χ2v) is 5.78. The Balaban J connectivity index is 1.52. The summed E-state index contributed by atoms with van der Waals surface area (Å²) in [5.74, 6) is 0.704. The largest absolute Gasteiger partial charge is 0.504 e. The predicted octanol–water partition coefficient (Wildman–Crippen LogP) is 1.13. The number of methoxy groups -OCH3 is 1. The number of alkyl carbamates (subject to hydrolysis) is 1. The summed E-state index contributed by atoms with van der Waals surface area (Å²) in [6.07, 6.45) is 2.87. The van der Waals surface area contributed by atoms with Crippen molar-refractivity contribution in [3.05, 3.63) is 35.7 Å². The van der Waals surface area contributed by atoms with E-state index in [1.165, 1.54) is 13.2 Å². The van der Waals surface area contributed by atoms with Gasteiger partial charge in [0.15, 0.2) is 11.5 Å². The average Bonchev–Trinajstić information content (AvgIpc) is 2.96. The molecule has 0 bridgehead atoms. The number of aromatic hydroxyl groups is 1. The Bertz CT molecular complexity index is 641. The maximum atomic E-state index is 11.9. The SMILES string of the molecule is COc1cc(CNC(=O)OC2=CC3(CCNCC3)ON2)ccc1O. The topological polar surface area (TPSA) is 101 Å². The van der Waals surface area contributed by atoms with Crippen LogP contribution in [0.3, 0.4) is 0 Å². The molecule has 1 spiro atoms. The third-order valence-electron chi connectivity index (χ3n) is 4.08. The fourth-order valence-electron chi connectivity index (χ4n) is 2.74. The third-order valence-corrected chi connectivity index (χ3v) is 4.08. The van der Waals surface area contributed by atoms with Crippen LogP contribution >= 0.6 is 0 Å². The standard InChI is InChI=1S/C16H21N3O5/c1-22-13-8-11(2-3-12(13)20)10-18-15(21)23-14-9-16(24-19-14)4-6-17-7-5-16/h2-3,8-9,17,19-20H,4-7,10H2,1H3,(H,18,21). The van der Waals surface area contributed by atoms with E-state index in [0.717, 1.165) is 31.5 Å². The molecule has 8 heteroatoms. The van der Waals surface area contributed by atoms with Crippen molar-refractivity contribution in [2.75, 3.05) is 20.2 Å². The molecule has 3 rings (SSSR count). The van der Waals surface area contributed by atoms with Gasteiger partial charge in [-0.15, -0.1) is 0 Å². The summed E-state index contributed by atoms with van der Waals surface area (Å²) >= 11 is 0. The number of piperidine rings is 1. The Hall–Kier alpha value is -2.45. The molecule has 0 aliphatic carbocycles. The molecule has 1 fully saturated rings. The van der Waals surface area contributed by atoms with Crippen LogP contribution in [0.25, 0.3) is 0 Å². The maximum Gasteiger partial charge on any atom is 0.414 e. The average molecular weight is 335 g/mol. The van der Waals surface area contributed by atoms with Crippen LogP contribution < -0.4 is 20.9 Å². The summed E-state index contributed by atoms with van der Waals surface area (Å²) in [6.45, 7) is 1.97. The lowest BCUT2D eigenvalue weighted by Crippen LogP contribution is -2.41. The first-order chi connectivity index (χ1) is 11.6.